The minimum Gasteiger partial charge on any atom is -0.347 e. The van der Waals surface area contributed by atoms with Crippen LogP contribution in [-0.4, -0.2) is 19.3 Å². The van der Waals surface area contributed by atoms with E-state index >= 15 is 0 Å². The molecule has 86 valence electrons. The van der Waals surface area contributed by atoms with E-state index in [1.54, 1.807) is 4.68 Å². The van der Waals surface area contributed by atoms with E-state index in [4.69, 9.17) is 0 Å². The van der Waals surface area contributed by atoms with E-state index < -0.39 is 0 Å². The largest absolute Gasteiger partial charge is 0.347 e. The molecule has 0 aliphatic carbocycles. The van der Waals surface area contributed by atoms with E-state index in [-0.39, 0.29) is 0 Å². The third kappa shape index (κ3) is 1.53. The van der Waals surface area contributed by atoms with Gasteiger partial charge in [-0.3, -0.25) is 9.67 Å². The van der Waals surface area contributed by atoms with Crippen molar-refractivity contribution in [2.24, 2.45) is 14.1 Å². The Labute approximate surface area is 99.5 Å². The molecule has 0 N–H and O–H groups in total. The van der Waals surface area contributed by atoms with E-state index in [2.05, 4.69) is 40.8 Å². The Hall–Kier alpha value is -2.10. The minimum atomic E-state index is 0.969. The predicted molar refractivity (Wildman–Crippen MR) is 67.7 cm³/mol. The van der Waals surface area contributed by atoms with Crippen LogP contribution in [0.15, 0.2) is 30.7 Å². The predicted octanol–water partition coefficient (Wildman–Crippen LogP) is 2.28. The lowest BCUT2D eigenvalue weighted by molar-refractivity contribution is 0.768. The summed E-state index contributed by atoms with van der Waals surface area (Å²) in [6, 6.07) is 4.29. The molecule has 0 atom stereocenters. The second kappa shape index (κ2) is 3.45. The van der Waals surface area contributed by atoms with Gasteiger partial charge < -0.3 is 4.57 Å². The van der Waals surface area contributed by atoms with Crippen molar-refractivity contribution in [1.29, 1.82) is 0 Å². The third-order valence-corrected chi connectivity index (χ3v) is 3.17. The first kappa shape index (κ1) is 10.1. The van der Waals surface area contributed by atoms with Crippen molar-refractivity contribution in [3.63, 3.8) is 0 Å². The summed E-state index contributed by atoms with van der Waals surface area (Å²) in [7, 11) is 3.97. The molecule has 3 heterocycles. The van der Waals surface area contributed by atoms with Gasteiger partial charge in [0.2, 0.25) is 0 Å². The van der Waals surface area contributed by atoms with Gasteiger partial charge in [0, 0.05) is 36.9 Å². The van der Waals surface area contributed by atoms with Gasteiger partial charge in [0.15, 0.2) is 0 Å². The molecule has 3 aromatic rings. The Morgan fingerprint density at radius 1 is 1.12 bits per heavy atom. The Morgan fingerprint density at radius 2 is 1.94 bits per heavy atom. The molecule has 0 spiro atoms. The molecule has 0 fully saturated rings. The van der Waals surface area contributed by atoms with Crippen LogP contribution >= 0.6 is 0 Å². The van der Waals surface area contributed by atoms with Crippen LogP contribution in [0.2, 0.25) is 0 Å². The molecule has 0 aliphatic heterocycles. The van der Waals surface area contributed by atoms with Crippen molar-refractivity contribution in [2.45, 2.75) is 6.92 Å². The summed E-state index contributed by atoms with van der Waals surface area (Å²) in [6.45, 7) is 2.10. The zero-order chi connectivity index (χ0) is 12.0. The maximum atomic E-state index is 4.49. The second-order valence-electron chi connectivity index (χ2n) is 4.38. The highest BCUT2D eigenvalue weighted by atomic mass is 15.2. The minimum absolute atomic E-state index is 0.969. The molecule has 0 amide bonds. The van der Waals surface area contributed by atoms with Gasteiger partial charge in [0.25, 0.3) is 0 Å². The highest BCUT2D eigenvalue weighted by Crippen LogP contribution is 2.23. The van der Waals surface area contributed by atoms with Gasteiger partial charge in [-0.2, -0.15) is 5.10 Å². The second-order valence-corrected chi connectivity index (χ2v) is 4.38. The topological polar surface area (TPSA) is 35.6 Å². The van der Waals surface area contributed by atoms with Crippen LogP contribution in [0.5, 0.6) is 0 Å². The van der Waals surface area contributed by atoms with Gasteiger partial charge in [-0.15, -0.1) is 0 Å². The maximum Gasteiger partial charge on any atom is 0.0741 e. The van der Waals surface area contributed by atoms with Crippen molar-refractivity contribution in [3.05, 3.63) is 36.4 Å². The molecule has 3 aromatic heterocycles. The summed E-state index contributed by atoms with van der Waals surface area (Å²) in [6.07, 6.45) is 5.73. The molecule has 0 radical (unpaired) electrons. The monoisotopic (exact) mass is 226 g/mol. The third-order valence-electron chi connectivity index (χ3n) is 3.17. The van der Waals surface area contributed by atoms with E-state index in [1.165, 1.54) is 11.1 Å². The van der Waals surface area contributed by atoms with Gasteiger partial charge >= 0.3 is 0 Å². The lowest BCUT2D eigenvalue weighted by Crippen LogP contribution is -1.90. The lowest BCUT2D eigenvalue weighted by atomic mass is 10.2. The zero-order valence-electron chi connectivity index (χ0n) is 10.2. The Bertz CT molecular complexity index is 691. The van der Waals surface area contributed by atoms with Gasteiger partial charge in [-0.25, -0.2) is 0 Å². The summed E-state index contributed by atoms with van der Waals surface area (Å²) < 4.78 is 3.94. The van der Waals surface area contributed by atoms with Crippen LogP contribution in [0, 0.1) is 6.92 Å². The molecule has 0 unspecified atom stereocenters. The van der Waals surface area contributed by atoms with E-state index in [0.717, 1.165) is 16.8 Å². The van der Waals surface area contributed by atoms with Crippen molar-refractivity contribution < 1.29 is 0 Å². The fourth-order valence-electron chi connectivity index (χ4n) is 2.08. The van der Waals surface area contributed by atoms with Crippen LogP contribution < -0.4 is 0 Å². The smallest absolute Gasteiger partial charge is 0.0741 e. The summed E-state index contributed by atoms with van der Waals surface area (Å²) in [5.41, 5.74) is 4.42. The number of aryl methyl sites for hydroxylation is 3. The number of aromatic nitrogens is 4. The summed E-state index contributed by atoms with van der Waals surface area (Å²) in [5.74, 6) is 0. The number of pyridine rings is 1. The number of nitrogens with zero attached hydrogens (tertiary/aromatic N) is 4. The molecule has 0 aromatic carbocycles. The van der Waals surface area contributed by atoms with Gasteiger partial charge in [0.1, 0.15) is 0 Å². The Morgan fingerprint density at radius 3 is 2.65 bits per heavy atom. The van der Waals surface area contributed by atoms with Crippen LogP contribution in [0.4, 0.5) is 0 Å². The van der Waals surface area contributed by atoms with Crippen molar-refractivity contribution in [3.8, 4) is 11.3 Å². The Kier molecular flexibility index (Phi) is 2.04. The summed E-state index contributed by atoms with van der Waals surface area (Å²) in [4.78, 5) is 4.49. The van der Waals surface area contributed by atoms with Crippen LogP contribution in [-0.2, 0) is 14.1 Å². The lowest BCUT2D eigenvalue weighted by Gasteiger charge is -1.99. The molecule has 4 heteroatoms. The quantitative estimate of drug-likeness (QED) is 0.638. The molecule has 0 bridgehead atoms. The molecule has 4 nitrogen and oxygen atoms in total. The molecule has 3 rings (SSSR count). The summed E-state index contributed by atoms with van der Waals surface area (Å²) in [5, 5.41) is 5.39. The standard InChI is InChI=1S/C13H14N4/c1-9-4-10-5-12(11-6-15-16(2)8-11)14-7-13(10)17(9)3/h4-8H,1-3H3. The molecule has 0 saturated heterocycles. The van der Waals surface area contributed by atoms with Crippen LogP contribution in [0.25, 0.3) is 22.2 Å². The number of fused-ring (bicyclic) bond motifs is 1. The first-order valence-electron chi connectivity index (χ1n) is 5.56. The molecule has 0 saturated carbocycles. The van der Waals surface area contributed by atoms with Crippen LogP contribution in [0.1, 0.15) is 5.69 Å². The Balaban J connectivity index is 2.20. The first-order chi connectivity index (χ1) is 8.15. The van der Waals surface area contributed by atoms with Gasteiger partial charge in [0.05, 0.1) is 23.6 Å². The highest BCUT2D eigenvalue weighted by Gasteiger charge is 2.06. The van der Waals surface area contributed by atoms with E-state index in [0.29, 0.717) is 0 Å². The van der Waals surface area contributed by atoms with Gasteiger partial charge in [-0.1, -0.05) is 0 Å². The molecule has 0 aliphatic rings. The van der Waals surface area contributed by atoms with E-state index in [9.17, 15) is 0 Å². The molecular weight excluding hydrogens is 212 g/mol. The summed E-state index contributed by atoms with van der Waals surface area (Å²) >= 11 is 0. The fraction of sp³-hybridized carbons (Fsp3) is 0.231. The molecule has 17 heavy (non-hydrogen) atoms. The normalized spacial score (nSPS) is 11.2. The fourth-order valence-corrected chi connectivity index (χ4v) is 2.08. The maximum absolute atomic E-state index is 4.49. The van der Waals surface area contributed by atoms with Crippen molar-refractivity contribution >= 4 is 10.9 Å². The van der Waals surface area contributed by atoms with Crippen molar-refractivity contribution in [1.82, 2.24) is 19.3 Å². The molecular formula is C13H14N4. The van der Waals surface area contributed by atoms with E-state index in [1.807, 2.05) is 25.6 Å². The average Bonchev–Trinajstić information content (AvgIpc) is 2.85. The first-order valence-corrected chi connectivity index (χ1v) is 5.56. The number of hydrogen-bond acceptors (Lipinski definition) is 2. The average molecular weight is 226 g/mol. The van der Waals surface area contributed by atoms with Crippen molar-refractivity contribution in [2.75, 3.05) is 0 Å². The van der Waals surface area contributed by atoms with Crippen LogP contribution in [0.3, 0.4) is 0 Å². The zero-order valence-corrected chi connectivity index (χ0v) is 10.2. The number of hydrogen-bond donors (Lipinski definition) is 0. The number of rotatable bonds is 1. The SMILES string of the molecule is Cc1cc2cc(-c3cnn(C)c3)ncc2n1C. The highest BCUT2D eigenvalue weighted by molar-refractivity contribution is 5.84. The van der Waals surface area contributed by atoms with Gasteiger partial charge in [-0.05, 0) is 19.1 Å².